The van der Waals surface area contributed by atoms with E-state index >= 15 is 0 Å². The van der Waals surface area contributed by atoms with Gasteiger partial charge in [0.05, 0.1) is 17.1 Å². The summed E-state index contributed by atoms with van der Waals surface area (Å²) in [6.45, 7) is 12.1. The highest BCUT2D eigenvalue weighted by Gasteiger charge is 2.13. The number of aromatic nitrogens is 2. The summed E-state index contributed by atoms with van der Waals surface area (Å²) in [5.74, 6) is 0.945. The molecule has 1 N–H and O–H groups in total. The van der Waals surface area contributed by atoms with Crippen LogP contribution in [0.1, 0.15) is 24.4 Å². The van der Waals surface area contributed by atoms with Crippen molar-refractivity contribution < 1.29 is 9.84 Å². The predicted molar refractivity (Wildman–Crippen MR) is 89.2 cm³/mol. The second kappa shape index (κ2) is 6.30. The van der Waals surface area contributed by atoms with Crippen molar-refractivity contribution in [3.8, 4) is 0 Å². The van der Waals surface area contributed by atoms with Gasteiger partial charge in [-0.3, -0.25) is 0 Å². The Bertz CT molecular complexity index is 614. The Morgan fingerprint density at radius 2 is 2.05 bits per heavy atom. The Hall–Kier alpha value is -1.17. The van der Waals surface area contributed by atoms with Crippen molar-refractivity contribution >= 4 is 19.1 Å². The van der Waals surface area contributed by atoms with Crippen LogP contribution in [0.5, 0.6) is 0 Å². The van der Waals surface area contributed by atoms with E-state index in [2.05, 4.69) is 29.2 Å². The highest BCUT2D eigenvalue weighted by Crippen LogP contribution is 2.21. The van der Waals surface area contributed by atoms with E-state index in [1.54, 1.807) is 6.92 Å². The first-order valence-electron chi connectivity index (χ1n) is 7.50. The van der Waals surface area contributed by atoms with Crippen molar-refractivity contribution in [3.05, 3.63) is 29.6 Å². The molecule has 0 aliphatic heterocycles. The van der Waals surface area contributed by atoms with E-state index in [4.69, 9.17) is 4.74 Å². The minimum atomic E-state index is -1.05. The number of aryl methyl sites for hydroxylation is 1. The number of fused-ring (bicyclic) bond motifs is 1. The average molecular weight is 306 g/mol. The van der Waals surface area contributed by atoms with E-state index in [-0.39, 0.29) is 0 Å². The summed E-state index contributed by atoms with van der Waals surface area (Å²) in [5, 5.41) is 9.73. The molecule has 0 aliphatic rings. The molecule has 0 radical (unpaired) electrons. The summed E-state index contributed by atoms with van der Waals surface area (Å²) < 4.78 is 7.91. The molecule has 2 aromatic rings. The summed E-state index contributed by atoms with van der Waals surface area (Å²) in [5.41, 5.74) is 2.88. The topological polar surface area (TPSA) is 47.3 Å². The molecule has 0 bridgehead atoms. The Labute approximate surface area is 127 Å². The molecular formula is C16H26N2O2Si. The van der Waals surface area contributed by atoms with Gasteiger partial charge in [-0.05, 0) is 37.6 Å². The lowest BCUT2D eigenvalue weighted by molar-refractivity contribution is 0.0885. The maximum Gasteiger partial charge on any atom is 0.124 e. The van der Waals surface area contributed by atoms with Crippen LogP contribution < -0.4 is 0 Å². The van der Waals surface area contributed by atoms with E-state index in [9.17, 15) is 5.11 Å². The molecule has 0 saturated carbocycles. The fraction of sp³-hybridized carbons (Fsp3) is 0.562. The van der Waals surface area contributed by atoms with Crippen molar-refractivity contribution in [1.82, 2.24) is 9.55 Å². The van der Waals surface area contributed by atoms with Gasteiger partial charge in [0.2, 0.25) is 0 Å². The standard InChI is InChI=1S/C16H26N2O2Si/c1-12(19)14-6-7-15-16(10-14)18(13(2)17-15)11-20-8-9-21(3,4)5/h6-7,10,12,19H,8-9,11H2,1-5H3. The van der Waals surface area contributed by atoms with Crippen molar-refractivity contribution in [2.24, 2.45) is 0 Å². The molecule has 1 unspecified atom stereocenters. The maximum absolute atomic E-state index is 9.73. The largest absolute Gasteiger partial charge is 0.389 e. The van der Waals surface area contributed by atoms with E-state index < -0.39 is 14.2 Å². The summed E-state index contributed by atoms with van der Waals surface area (Å²) in [7, 11) is -1.05. The third-order valence-electron chi connectivity index (χ3n) is 3.66. The lowest BCUT2D eigenvalue weighted by atomic mass is 10.1. The van der Waals surface area contributed by atoms with Gasteiger partial charge in [0.1, 0.15) is 12.6 Å². The third kappa shape index (κ3) is 4.15. The summed E-state index contributed by atoms with van der Waals surface area (Å²) in [6, 6.07) is 7.05. The van der Waals surface area contributed by atoms with Crippen LogP contribution in [0.25, 0.3) is 11.0 Å². The zero-order valence-corrected chi connectivity index (χ0v) is 14.7. The number of hydrogen-bond donors (Lipinski definition) is 1. The number of hydrogen-bond acceptors (Lipinski definition) is 3. The van der Waals surface area contributed by atoms with Crippen molar-refractivity contribution in [1.29, 1.82) is 0 Å². The number of aliphatic hydroxyl groups excluding tert-OH is 1. The van der Waals surface area contributed by atoms with E-state index in [1.165, 1.54) is 0 Å². The highest BCUT2D eigenvalue weighted by atomic mass is 28.3. The molecule has 4 nitrogen and oxygen atoms in total. The minimum Gasteiger partial charge on any atom is -0.389 e. The number of nitrogens with zero attached hydrogens (tertiary/aromatic N) is 2. The van der Waals surface area contributed by atoms with E-state index in [0.717, 1.165) is 35.1 Å². The Kier molecular flexibility index (Phi) is 4.86. The number of imidazole rings is 1. The summed E-state index contributed by atoms with van der Waals surface area (Å²) in [4.78, 5) is 4.55. The number of benzene rings is 1. The molecule has 116 valence electrons. The van der Waals surface area contributed by atoms with Crippen molar-refractivity contribution in [2.75, 3.05) is 6.61 Å². The molecule has 0 aliphatic carbocycles. The molecule has 21 heavy (non-hydrogen) atoms. The molecule has 5 heteroatoms. The molecule has 2 rings (SSSR count). The van der Waals surface area contributed by atoms with Crippen LogP contribution in [-0.4, -0.2) is 29.3 Å². The zero-order valence-electron chi connectivity index (χ0n) is 13.7. The zero-order chi connectivity index (χ0) is 15.6. The lowest BCUT2D eigenvalue weighted by Gasteiger charge is -2.16. The smallest absolute Gasteiger partial charge is 0.124 e. The molecule has 0 amide bonds. The molecule has 1 aromatic carbocycles. The first-order valence-corrected chi connectivity index (χ1v) is 11.2. The molecule has 1 aromatic heterocycles. The third-order valence-corrected chi connectivity index (χ3v) is 5.37. The van der Waals surface area contributed by atoms with Gasteiger partial charge in [-0.15, -0.1) is 0 Å². The first kappa shape index (κ1) is 16.2. The molecular weight excluding hydrogens is 280 g/mol. The normalized spacial score (nSPS) is 13.8. The SMILES string of the molecule is Cc1nc2ccc(C(C)O)cc2n1COCC[Si](C)(C)C. The Morgan fingerprint density at radius 3 is 2.67 bits per heavy atom. The summed E-state index contributed by atoms with van der Waals surface area (Å²) in [6.07, 6.45) is -0.467. The predicted octanol–water partition coefficient (Wildman–Crippen LogP) is 3.71. The molecule has 1 heterocycles. The minimum absolute atomic E-state index is 0.467. The lowest BCUT2D eigenvalue weighted by Crippen LogP contribution is -2.22. The van der Waals surface area contributed by atoms with Crippen LogP contribution in [0.4, 0.5) is 0 Å². The van der Waals surface area contributed by atoms with Crippen LogP contribution in [0.15, 0.2) is 18.2 Å². The van der Waals surface area contributed by atoms with E-state index in [0.29, 0.717) is 6.73 Å². The fourth-order valence-corrected chi connectivity index (χ4v) is 2.97. The second-order valence-corrected chi connectivity index (χ2v) is 12.5. The van der Waals surface area contributed by atoms with Gasteiger partial charge in [-0.25, -0.2) is 4.98 Å². The second-order valence-electron chi connectivity index (χ2n) is 6.86. The average Bonchev–Trinajstić information content (AvgIpc) is 2.68. The first-order chi connectivity index (χ1) is 9.78. The van der Waals surface area contributed by atoms with Gasteiger partial charge >= 0.3 is 0 Å². The van der Waals surface area contributed by atoms with Crippen LogP contribution in [0.2, 0.25) is 25.7 Å². The molecule has 0 saturated heterocycles. The van der Waals surface area contributed by atoms with Gasteiger partial charge in [0.15, 0.2) is 0 Å². The maximum atomic E-state index is 9.73. The van der Waals surface area contributed by atoms with Crippen LogP contribution in [-0.2, 0) is 11.5 Å². The molecule has 0 spiro atoms. The monoisotopic (exact) mass is 306 g/mol. The van der Waals surface area contributed by atoms with Gasteiger partial charge in [0.25, 0.3) is 0 Å². The Balaban J connectivity index is 2.14. The van der Waals surface area contributed by atoms with Crippen LogP contribution >= 0.6 is 0 Å². The highest BCUT2D eigenvalue weighted by molar-refractivity contribution is 6.76. The van der Waals surface area contributed by atoms with E-state index in [1.807, 2.05) is 25.1 Å². The quantitative estimate of drug-likeness (QED) is 0.654. The number of aliphatic hydroxyl groups is 1. The van der Waals surface area contributed by atoms with Crippen molar-refractivity contribution in [2.45, 2.75) is 52.4 Å². The summed E-state index contributed by atoms with van der Waals surface area (Å²) >= 11 is 0. The van der Waals surface area contributed by atoms with Crippen LogP contribution in [0, 0.1) is 6.92 Å². The van der Waals surface area contributed by atoms with Crippen molar-refractivity contribution in [3.63, 3.8) is 0 Å². The van der Waals surface area contributed by atoms with Gasteiger partial charge in [0, 0.05) is 14.7 Å². The number of ether oxygens (including phenoxy) is 1. The Morgan fingerprint density at radius 1 is 1.33 bits per heavy atom. The molecule has 0 fully saturated rings. The van der Waals surface area contributed by atoms with Gasteiger partial charge in [-0.1, -0.05) is 25.7 Å². The van der Waals surface area contributed by atoms with Crippen LogP contribution in [0.3, 0.4) is 0 Å². The number of rotatable bonds is 6. The van der Waals surface area contributed by atoms with Gasteiger partial charge < -0.3 is 14.4 Å². The fourth-order valence-electron chi connectivity index (χ4n) is 2.22. The van der Waals surface area contributed by atoms with Gasteiger partial charge in [-0.2, -0.15) is 0 Å². The molecule has 1 atom stereocenters.